The molecule has 0 aliphatic heterocycles. The molecule has 0 saturated heterocycles. The van der Waals surface area contributed by atoms with Gasteiger partial charge in [-0.15, -0.1) is 0 Å². The second-order valence-electron chi connectivity index (χ2n) is 7.41. The van der Waals surface area contributed by atoms with E-state index in [9.17, 15) is 0 Å². The van der Waals surface area contributed by atoms with E-state index in [4.69, 9.17) is 4.74 Å². The highest BCUT2D eigenvalue weighted by molar-refractivity contribution is 5.27. The fourth-order valence-electron chi connectivity index (χ4n) is 1.55. The first kappa shape index (κ1) is 16.0. The van der Waals surface area contributed by atoms with Crippen molar-refractivity contribution in [2.75, 3.05) is 6.61 Å². The Kier molecular flexibility index (Phi) is 5.42. The Balaban J connectivity index is 2.39. The molecule has 19 heavy (non-hydrogen) atoms. The van der Waals surface area contributed by atoms with Gasteiger partial charge in [-0.1, -0.05) is 32.9 Å². The third-order valence-corrected chi connectivity index (χ3v) is 2.87. The van der Waals surface area contributed by atoms with Crippen molar-refractivity contribution in [1.29, 1.82) is 0 Å². The van der Waals surface area contributed by atoms with Crippen molar-refractivity contribution >= 4 is 0 Å². The van der Waals surface area contributed by atoms with Crippen LogP contribution in [0.25, 0.3) is 0 Å². The summed E-state index contributed by atoms with van der Waals surface area (Å²) in [7, 11) is 0. The number of hydrogen-bond donors (Lipinski definition) is 1. The van der Waals surface area contributed by atoms with Crippen LogP contribution in [-0.4, -0.2) is 12.1 Å². The van der Waals surface area contributed by atoms with Crippen LogP contribution in [0.3, 0.4) is 0 Å². The predicted molar refractivity (Wildman–Crippen MR) is 82.6 cm³/mol. The molecule has 0 unspecified atom stereocenters. The van der Waals surface area contributed by atoms with E-state index >= 15 is 0 Å². The molecule has 1 aromatic rings. The van der Waals surface area contributed by atoms with Crippen molar-refractivity contribution in [3.63, 3.8) is 0 Å². The molecule has 0 amide bonds. The van der Waals surface area contributed by atoms with E-state index in [0.29, 0.717) is 5.41 Å². The molecule has 0 heterocycles. The van der Waals surface area contributed by atoms with Crippen LogP contribution in [0.4, 0.5) is 0 Å². The molecule has 0 fully saturated rings. The summed E-state index contributed by atoms with van der Waals surface area (Å²) in [6.07, 6.45) is 1.07. The second kappa shape index (κ2) is 6.42. The lowest BCUT2D eigenvalue weighted by atomic mass is 9.93. The third-order valence-electron chi connectivity index (χ3n) is 2.87. The lowest BCUT2D eigenvalue weighted by Crippen LogP contribution is -2.35. The minimum Gasteiger partial charge on any atom is -0.494 e. The van der Waals surface area contributed by atoms with E-state index in [-0.39, 0.29) is 5.54 Å². The van der Waals surface area contributed by atoms with Gasteiger partial charge in [-0.25, -0.2) is 0 Å². The molecule has 0 spiro atoms. The average Bonchev–Trinajstić information content (AvgIpc) is 2.25. The molecule has 0 saturated carbocycles. The van der Waals surface area contributed by atoms with Crippen molar-refractivity contribution in [1.82, 2.24) is 5.32 Å². The molecule has 0 aromatic heterocycles. The summed E-state index contributed by atoms with van der Waals surface area (Å²) in [6.45, 7) is 14.9. The van der Waals surface area contributed by atoms with E-state index in [0.717, 1.165) is 25.3 Å². The maximum atomic E-state index is 5.76. The van der Waals surface area contributed by atoms with Crippen LogP contribution in [0.2, 0.25) is 0 Å². The van der Waals surface area contributed by atoms with Crippen LogP contribution in [0, 0.1) is 5.41 Å². The molecular formula is C17H29NO. The van der Waals surface area contributed by atoms with E-state index < -0.39 is 0 Å². The molecule has 2 nitrogen and oxygen atoms in total. The van der Waals surface area contributed by atoms with Gasteiger partial charge >= 0.3 is 0 Å². The molecule has 1 N–H and O–H groups in total. The van der Waals surface area contributed by atoms with E-state index in [1.807, 2.05) is 0 Å². The first-order valence-corrected chi connectivity index (χ1v) is 7.12. The summed E-state index contributed by atoms with van der Waals surface area (Å²) in [5.74, 6) is 0.962. The lowest BCUT2D eigenvalue weighted by Gasteiger charge is -2.20. The standard InChI is InChI=1S/C17H29NO/c1-16(2,3)11-12-19-15-9-7-14(8-10-15)13-18-17(4,5)6/h7-10,18H,11-13H2,1-6H3. The number of hydrogen-bond acceptors (Lipinski definition) is 2. The zero-order chi connectivity index (χ0) is 14.5. The topological polar surface area (TPSA) is 21.3 Å². The van der Waals surface area contributed by atoms with Crippen molar-refractivity contribution in [2.45, 2.75) is 60.0 Å². The van der Waals surface area contributed by atoms with Gasteiger partial charge in [-0.2, -0.15) is 0 Å². The fraction of sp³-hybridized carbons (Fsp3) is 0.647. The Bertz CT molecular complexity index is 368. The smallest absolute Gasteiger partial charge is 0.119 e. The minimum atomic E-state index is 0.155. The van der Waals surface area contributed by atoms with Crippen molar-refractivity contribution < 1.29 is 4.74 Å². The highest BCUT2D eigenvalue weighted by Crippen LogP contribution is 2.20. The van der Waals surface area contributed by atoms with Crippen molar-refractivity contribution in [3.05, 3.63) is 29.8 Å². The minimum absolute atomic E-state index is 0.155. The summed E-state index contributed by atoms with van der Waals surface area (Å²) >= 11 is 0. The average molecular weight is 263 g/mol. The Hall–Kier alpha value is -1.02. The highest BCUT2D eigenvalue weighted by atomic mass is 16.5. The van der Waals surface area contributed by atoms with E-state index in [1.54, 1.807) is 0 Å². The van der Waals surface area contributed by atoms with Crippen molar-refractivity contribution in [2.24, 2.45) is 5.41 Å². The third kappa shape index (κ3) is 7.89. The van der Waals surface area contributed by atoms with Gasteiger partial charge in [0.2, 0.25) is 0 Å². The molecule has 0 aliphatic rings. The van der Waals surface area contributed by atoms with Gasteiger partial charge in [0.15, 0.2) is 0 Å². The number of nitrogens with one attached hydrogen (secondary N) is 1. The SMILES string of the molecule is CC(C)(C)CCOc1ccc(CNC(C)(C)C)cc1. The fourth-order valence-corrected chi connectivity index (χ4v) is 1.55. The maximum absolute atomic E-state index is 5.76. The summed E-state index contributed by atoms with van der Waals surface area (Å²) in [5.41, 5.74) is 1.77. The summed E-state index contributed by atoms with van der Waals surface area (Å²) in [4.78, 5) is 0. The van der Waals surface area contributed by atoms with Gasteiger partial charge in [-0.05, 0) is 50.3 Å². The Morgan fingerprint density at radius 3 is 2.00 bits per heavy atom. The van der Waals surface area contributed by atoms with Gasteiger partial charge in [0.05, 0.1) is 6.61 Å². The maximum Gasteiger partial charge on any atom is 0.119 e. The molecule has 0 aliphatic carbocycles. The van der Waals surface area contributed by atoms with Crippen LogP contribution in [0.1, 0.15) is 53.5 Å². The van der Waals surface area contributed by atoms with Crippen LogP contribution in [0.15, 0.2) is 24.3 Å². The molecule has 0 bridgehead atoms. The van der Waals surface area contributed by atoms with Gasteiger partial charge in [0, 0.05) is 12.1 Å². The first-order chi connectivity index (χ1) is 8.66. The first-order valence-electron chi connectivity index (χ1n) is 7.12. The molecule has 108 valence electrons. The Morgan fingerprint density at radius 2 is 1.53 bits per heavy atom. The van der Waals surface area contributed by atoms with E-state index in [1.165, 1.54) is 5.56 Å². The number of ether oxygens (including phenoxy) is 1. The highest BCUT2D eigenvalue weighted by Gasteiger charge is 2.10. The van der Waals surface area contributed by atoms with Gasteiger partial charge < -0.3 is 10.1 Å². The quantitative estimate of drug-likeness (QED) is 0.850. The lowest BCUT2D eigenvalue weighted by molar-refractivity contribution is 0.243. The van der Waals surface area contributed by atoms with Crippen molar-refractivity contribution in [3.8, 4) is 5.75 Å². The van der Waals surface area contributed by atoms with Gasteiger partial charge in [-0.3, -0.25) is 0 Å². The summed E-state index contributed by atoms with van der Waals surface area (Å²) in [6, 6.07) is 8.38. The second-order valence-corrected chi connectivity index (χ2v) is 7.41. The largest absolute Gasteiger partial charge is 0.494 e. The number of rotatable bonds is 5. The van der Waals surface area contributed by atoms with Crippen LogP contribution in [-0.2, 0) is 6.54 Å². The zero-order valence-corrected chi connectivity index (χ0v) is 13.3. The molecule has 1 rings (SSSR count). The molecule has 0 atom stereocenters. The molecule has 0 radical (unpaired) electrons. The zero-order valence-electron chi connectivity index (χ0n) is 13.3. The molecule has 1 aromatic carbocycles. The molecule has 2 heteroatoms. The molecular weight excluding hydrogens is 234 g/mol. The predicted octanol–water partition coefficient (Wildman–Crippen LogP) is 4.39. The van der Waals surface area contributed by atoms with Crippen LogP contribution >= 0.6 is 0 Å². The van der Waals surface area contributed by atoms with E-state index in [2.05, 4.69) is 71.1 Å². The number of benzene rings is 1. The monoisotopic (exact) mass is 263 g/mol. The van der Waals surface area contributed by atoms with Gasteiger partial charge in [0.1, 0.15) is 5.75 Å². The summed E-state index contributed by atoms with van der Waals surface area (Å²) in [5, 5.41) is 3.48. The van der Waals surface area contributed by atoms with Gasteiger partial charge in [0.25, 0.3) is 0 Å². The van der Waals surface area contributed by atoms with Crippen LogP contribution in [0.5, 0.6) is 5.75 Å². The Morgan fingerprint density at radius 1 is 0.947 bits per heavy atom. The normalized spacial score (nSPS) is 12.5. The van der Waals surface area contributed by atoms with Crippen LogP contribution < -0.4 is 10.1 Å². The summed E-state index contributed by atoms with van der Waals surface area (Å²) < 4.78 is 5.76. The Labute approximate surface area is 118 Å².